The number of Topliss-reactive ketones (excluding diaryl/α,β-unsaturated/α-hetero) is 1. The Balaban J connectivity index is 2.14. The van der Waals surface area contributed by atoms with Gasteiger partial charge in [-0.2, -0.15) is 0 Å². The number of nitrogens with one attached hydrogen (secondary N) is 1. The lowest BCUT2D eigenvalue weighted by atomic mass is 10.1. The molecule has 124 valence electrons. The number of sulfonamides is 1. The van der Waals surface area contributed by atoms with Gasteiger partial charge in [-0.15, -0.1) is 0 Å². The number of benzene rings is 1. The van der Waals surface area contributed by atoms with E-state index >= 15 is 0 Å². The zero-order chi connectivity index (χ0) is 17.2. The molecule has 0 amide bonds. The quantitative estimate of drug-likeness (QED) is 0.787. The fourth-order valence-corrected chi connectivity index (χ4v) is 3.33. The molecule has 0 aliphatic heterocycles. The van der Waals surface area contributed by atoms with Crippen molar-refractivity contribution in [2.75, 3.05) is 6.54 Å². The Labute approximate surface area is 135 Å². The van der Waals surface area contributed by atoms with Crippen molar-refractivity contribution in [3.05, 3.63) is 53.0 Å². The molecule has 0 radical (unpaired) electrons. The summed E-state index contributed by atoms with van der Waals surface area (Å²) in [7, 11) is -3.82. The highest BCUT2D eigenvalue weighted by atomic mass is 32.2. The van der Waals surface area contributed by atoms with Crippen LogP contribution in [0.2, 0.25) is 0 Å². The van der Waals surface area contributed by atoms with Crippen LogP contribution in [0.5, 0.6) is 0 Å². The third-order valence-corrected chi connectivity index (χ3v) is 4.88. The third kappa shape index (κ3) is 4.07. The van der Waals surface area contributed by atoms with Crippen LogP contribution in [0, 0.1) is 13.8 Å². The number of furan rings is 1. The maximum atomic E-state index is 12.3. The van der Waals surface area contributed by atoms with Crippen molar-refractivity contribution in [1.82, 2.24) is 4.72 Å². The maximum Gasteiger partial charge on any atom is 0.240 e. The molecule has 0 aliphatic rings. The number of carbonyl (C=O) groups is 1. The van der Waals surface area contributed by atoms with Crippen LogP contribution in [0.4, 0.5) is 0 Å². The summed E-state index contributed by atoms with van der Waals surface area (Å²) in [6.45, 7) is 4.64. The van der Waals surface area contributed by atoms with E-state index in [0.717, 1.165) is 0 Å². The van der Waals surface area contributed by atoms with E-state index < -0.39 is 16.1 Å². The third-order valence-electron chi connectivity index (χ3n) is 3.46. The van der Waals surface area contributed by atoms with E-state index in [1.54, 1.807) is 26.0 Å². The Bertz CT molecular complexity index is 823. The Morgan fingerprint density at radius 1 is 1.30 bits per heavy atom. The zero-order valence-corrected chi connectivity index (χ0v) is 14.0. The van der Waals surface area contributed by atoms with E-state index in [2.05, 4.69) is 4.72 Å². The minimum atomic E-state index is -3.82. The lowest BCUT2D eigenvalue weighted by Gasteiger charge is -2.12. The van der Waals surface area contributed by atoms with Crippen molar-refractivity contribution in [2.45, 2.75) is 31.8 Å². The minimum absolute atomic E-state index is 0.0162. The van der Waals surface area contributed by atoms with Gasteiger partial charge in [0.05, 0.1) is 11.0 Å². The highest BCUT2D eigenvalue weighted by Crippen LogP contribution is 2.21. The molecule has 1 aromatic heterocycles. The van der Waals surface area contributed by atoms with Gasteiger partial charge < -0.3 is 9.52 Å². The average Bonchev–Trinajstić information content (AvgIpc) is 2.84. The Kier molecular flexibility index (Phi) is 5.03. The zero-order valence-electron chi connectivity index (χ0n) is 13.2. The molecule has 0 saturated heterocycles. The summed E-state index contributed by atoms with van der Waals surface area (Å²) in [6, 6.07) is 7.43. The van der Waals surface area contributed by atoms with Crippen molar-refractivity contribution in [3.8, 4) is 0 Å². The van der Waals surface area contributed by atoms with Crippen LogP contribution in [0.3, 0.4) is 0 Å². The Morgan fingerprint density at radius 3 is 2.57 bits per heavy atom. The highest BCUT2D eigenvalue weighted by molar-refractivity contribution is 7.89. The highest BCUT2D eigenvalue weighted by Gasteiger charge is 2.20. The van der Waals surface area contributed by atoms with E-state index in [1.165, 1.54) is 25.1 Å². The van der Waals surface area contributed by atoms with Crippen molar-refractivity contribution in [1.29, 1.82) is 0 Å². The van der Waals surface area contributed by atoms with Gasteiger partial charge >= 0.3 is 0 Å². The molecular formula is C16H19NO5S. The van der Waals surface area contributed by atoms with Gasteiger partial charge in [-0.05, 0) is 39.0 Å². The summed E-state index contributed by atoms with van der Waals surface area (Å²) in [4.78, 5) is 11.3. The predicted octanol–water partition coefficient (Wildman–Crippen LogP) is 2.11. The summed E-state index contributed by atoms with van der Waals surface area (Å²) >= 11 is 0. The average molecular weight is 337 g/mol. The summed E-state index contributed by atoms with van der Waals surface area (Å²) in [5, 5.41) is 10.1. The van der Waals surface area contributed by atoms with E-state index in [1.807, 2.05) is 0 Å². The SMILES string of the molecule is CC(=O)c1cccc(S(=O)(=O)NCC(O)c2cc(C)oc2C)c1. The normalized spacial score (nSPS) is 13.0. The summed E-state index contributed by atoms with van der Waals surface area (Å²) < 4.78 is 32.2. The van der Waals surface area contributed by atoms with Crippen molar-refractivity contribution >= 4 is 15.8 Å². The van der Waals surface area contributed by atoms with Crippen LogP contribution >= 0.6 is 0 Å². The molecule has 7 heteroatoms. The fourth-order valence-electron chi connectivity index (χ4n) is 2.25. The van der Waals surface area contributed by atoms with Gasteiger partial charge in [0.1, 0.15) is 11.5 Å². The second-order valence-corrected chi connectivity index (χ2v) is 7.09. The molecular weight excluding hydrogens is 318 g/mol. The standard InChI is InChI=1S/C16H19NO5S/c1-10-7-15(12(3)22-10)16(19)9-17-23(20,21)14-6-4-5-13(8-14)11(2)18/h4-8,16-17,19H,9H2,1-3H3. The molecule has 1 aromatic carbocycles. The molecule has 2 rings (SSSR count). The van der Waals surface area contributed by atoms with Gasteiger partial charge in [0.15, 0.2) is 5.78 Å². The first kappa shape index (κ1) is 17.4. The van der Waals surface area contributed by atoms with Crippen molar-refractivity contribution in [3.63, 3.8) is 0 Å². The molecule has 1 heterocycles. The maximum absolute atomic E-state index is 12.3. The summed E-state index contributed by atoms with van der Waals surface area (Å²) in [5.41, 5.74) is 0.859. The number of carbonyl (C=O) groups excluding carboxylic acids is 1. The molecule has 0 bridgehead atoms. The number of hydrogen-bond donors (Lipinski definition) is 2. The Hall–Kier alpha value is -1.96. The van der Waals surface area contributed by atoms with Crippen LogP contribution in [0.25, 0.3) is 0 Å². The van der Waals surface area contributed by atoms with Gasteiger partial charge in [0, 0.05) is 17.7 Å². The smallest absolute Gasteiger partial charge is 0.240 e. The fraction of sp³-hybridized carbons (Fsp3) is 0.312. The monoisotopic (exact) mass is 337 g/mol. The van der Waals surface area contributed by atoms with Crippen LogP contribution < -0.4 is 4.72 Å². The van der Waals surface area contributed by atoms with Crippen LogP contribution in [-0.2, 0) is 10.0 Å². The predicted molar refractivity (Wildman–Crippen MR) is 84.8 cm³/mol. The minimum Gasteiger partial charge on any atom is -0.466 e. The molecule has 0 aliphatic carbocycles. The van der Waals surface area contributed by atoms with Gasteiger partial charge in [-0.1, -0.05) is 12.1 Å². The lowest BCUT2D eigenvalue weighted by Crippen LogP contribution is -2.28. The number of aliphatic hydroxyl groups is 1. The van der Waals surface area contributed by atoms with E-state index in [-0.39, 0.29) is 17.2 Å². The van der Waals surface area contributed by atoms with E-state index in [4.69, 9.17) is 4.42 Å². The van der Waals surface area contributed by atoms with Crippen molar-refractivity contribution in [2.24, 2.45) is 0 Å². The summed E-state index contributed by atoms with van der Waals surface area (Å²) in [5.74, 6) is 0.980. The molecule has 6 nitrogen and oxygen atoms in total. The second kappa shape index (κ2) is 6.66. The molecule has 0 spiro atoms. The number of aliphatic hydroxyl groups excluding tert-OH is 1. The van der Waals surface area contributed by atoms with Crippen LogP contribution in [0.1, 0.15) is 40.5 Å². The first-order valence-corrected chi connectivity index (χ1v) is 8.54. The van der Waals surface area contributed by atoms with E-state index in [9.17, 15) is 18.3 Å². The largest absolute Gasteiger partial charge is 0.466 e. The molecule has 1 atom stereocenters. The molecule has 2 aromatic rings. The first-order chi connectivity index (χ1) is 10.7. The van der Waals surface area contributed by atoms with E-state index in [0.29, 0.717) is 22.6 Å². The van der Waals surface area contributed by atoms with Gasteiger partial charge in [-0.25, -0.2) is 13.1 Å². The molecule has 23 heavy (non-hydrogen) atoms. The van der Waals surface area contributed by atoms with Crippen molar-refractivity contribution < 1.29 is 22.7 Å². The number of hydrogen-bond acceptors (Lipinski definition) is 5. The van der Waals surface area contributed by atoms with Gasteiger partial charge in [-0.3, -0.25) is 4.79 Å². The molecule has 0 saturated carbocycles. The molecule has 2 N–H and O–H groups in total. The molecule has 0 fully saturated rings. The number of ketones is 1. The number of rotatable bonds is 6. The molecule has 1 unspecified atom stereocenters. The van der Waals surface area contributed by atoms with Gasteiger partial charge in [0.25, 0.3) is 0 Å². The lowest BCUT2D eigenvalue weighted by molar-refractivity contribution is 0.101. The van der Waals surface area contributed by atoms with Crippen LogP contribution in [0.15, 0.2) is 39.6 Å². The van der Waals surface area contributed by atoms with Crippen LogP contribution in [-0.4, -0.2) is 25.9 Å². The Morgan fingerprint density at radius 2 is 2.00 bits per heavy atom. The van der Waals surface area contributed by atoms with Gasteiger partial charge in [0.2, 0.25) is 10.0 Å². The number of aryl methyl sites for hydroxylation is 2. The first-order valence-electron chi connectivity index (χ1n) is 7.06. The summed E-state index contributed by atoms with van der Waals surface area (Å²) in [6.07, 6.45) is -1.02. The second-order valence-electron chi connectivity index (χ2n) is 5.32. The topological polar surface area (TPSA) is 96.6 Å².